The monoisotopic (exact) mass is 478 g/mol. The van der Waals surface area contributed by atoms with Gasteiger partial charge in [-0.15, -0.1) is 0 Å². The highest BCUT2D eigenvalue weighted by Crippen LogP contribution is 2.12. The van der Waals surface area contributed by atoms with E-state index in [-0.39, 0.29) is 50.4 Å². The number of hydrogen-bond acceptors (Lipinski definition) is 8. The lowest BCUT2D eigenvalue weighted by Crippen LogP contribution is -2.50. The Morgan fingerprint density at radius 3 is 2.62 bits per heavy atom. The molecule has 0 aliphatic carbocycles. The Kier molecular flexibility index (Phi) is 11.5. The molecule has 0 radical (unpaired) electrons. The normalized spacial score (nSPS) is 23.1. The summed E-state index contributed by atoms with van der Waals surface area (Å²) in [5, 5.41) is 21.1. The fourth-order valence-corrected chi connectivity index (χ4v) is 3.43. The summed E-state index contributed by atoms with van der Waals surface area (Å²) in [4.78, 5) is 36.9. The highest BCUT2D eigenvalue weighted by molar-refractivity contribution is 5.92. The standard InChI is InChI=1S/C24H38N4O6/c1-17(2)7-12-34-22-15-28(19(4)29)10-9-27(24(32)20-14-25-13-18(3)26-20)8-5-6-11-33-16-21(30)23(22)31/h5-6,13-14,17,21-23,30-31H,7-12,15-16H2,1-4H3/t21-,22-,23-/m1/s1. The number of amides is 2. The molecule has 10 nitrogen and oxygen atoms in total. The Morgan fingerprint density at radius 1 is 1.21 bits per heavy atom. The third kappa shape index (κ3) is 9.09. The molecule has 0 aromatic carbocycles. The van der Waals surface area contributed by atoms with Crippen LogP contribution in [0.2, 0.25) is 0 Å². The highest BCUT2D eigenvalue weighted by Gasteiger charge is 2.30. The predicted molar refractivity (Wildman–Crippen MR) is 126 cm³/mol. The first-order valence-corrected chi connectivity index (χ1v) is 11.7. The van der Waals surface area contributed by atoms with Crippen molar-refractivity contribution in [1.82, 2.24) is 19.8 Å². The Bertz CT molecular complexity index is 818. The van der Waals surface area contributed by atoms with Gasteiger partial charge in [-0.1, -0.05) is 26.0 Å². The van der Waals surface area contributed by atoms with Crippen LogP contribution in [-0.4, -0.2) is 106 Å². The van der Waals surface area contributed by atoms with Crippen molar-refractivity contribution in [2.24, 2.45) is 5.92 Å². The van der Waals surface area contributed by atoms with E-state index in [1.807, 2.05) is 0 Å². The molecule has 0 fully saturated rings. The predicted octanol–water partition coefficient (Wildman–Crippen LogP) is 0.815. The number of ether oxygens (including phenoxy) is 2. The van der Waals surface area contributed by atoms with Gasteiger partial charge in [-0.2, -0.15) is 0 Å². The minimum absolute atomic E-state index is 0.0772. The molecule has 34 heavy (non-hydrogen) atoms. The zero-order chi connectivity index (χ0) is 25.1. The van der Waals surface area contributed by atoms with Crippen molar-refractivity contribution in [1.29, 1.82) is 0 Å². The maximum absolute atomic E-state index is 13.1. The molecule has 2 amide bonds. The van der Waals surface area contributed by atoms with E-state index in [1.54, 1.807) is 30.2 Å². The number of aromatic nitrogens is 2. The zero-order valence-electron chi connectivity index (χ0n) is 20.6. The zero-order valence-corrected chi connectivity index (χ0v) is 20.6. The number of aryl methyl sites for hydroxylation is 1. The van der Waals surface area contributed by atoms with Crippen LogP contribution in [-0.2, 0) is 14.3 Å². The Labute approximate surface area is 201 Å². The second-order valence-corrected chi connectivity index (χ2v) is 8.92. The van der Waals surface area contributed by atoms with Crippen LogP contribution in [0.4, 0.5) is 0 Å². The van der Waals surface area contributed by atoms with Gasteiger partial charge in [0.15, 0.2) is 0 Å². The van der Waals surface area contributed by atoms with Gasteiger partial charge in [-0.05, 0) is 19.3 Å². The highest BCUT2D eigenvalue weighted by atomic mass is 16.5. The van der Waals surface area contributed by atoms with Gasteiger partial charge in [-0.3, -0.25) is 14.6 Å². The maximum atomic E-state index is 13.1. The molecule has 0 unspecified atom stereocenters. The molecule has 190 valence electrons. The molecule has 1 aromatic heterocycles. The number of carbonyl (C=O) groups excluding carboxylic acids is 2. The molecule has 2 heterocycles. The molecule has 2 N–H and O–H groups in total. The van der Waals surface area contributed by atoms with Crippen LogP contribution >= 0.6 is 0 Å². The van der Waals surface area contributed by atoms with E-state index in [1.165, 1.54) is 18.0 Å². The molecular formula is C24H38N4O6. The van der Waals surface area contributed by atoms with Crippen LogP contribution in [0.3, 0.4) is 0 Å². The molecule has 3 atom stereocenters. The van der Waals surface area contributed by atoms with E-state index < -0.39 is 18.3 Å². The summed E-state index contributed by atoms with van der Waals surface area (Å²) in [5.41, 5.74) is 0.866. The molecule has 1 aliphatic rings. The SMILES string of the molecule is CC(=O)N1CCN(C(=O)c2cncc(C)n2)CC=CCOC[C@@H](O)[C@@H](O)[C@H](OCCC(C)C)C1. The quantitative estimate of drug-likeness (QED) is 0.596. The molecule has 10 heteroatoms. The van der Waals surface area contributed by atoms with Gasteiger partial charge in [0.2, 0.25) is 5.91 Å². The average molecular weight is 479 g/mol. The third-order valence-corrected chi connectivity index (χ3v) is 5.54. The van der Waals surface area contributed by atoms with Crippen molar-refractivity contribution >= 4 is 11.8 Å². The molecule has 0 spiro atoms. The van der Waals surface area contributed by atoms with Gasteiger partial charge < -0.3 is 29.5 Å². The number of hydrogen-bond donors (Lipinski definition) is 2. The van der Waals surface area contributed by atoms with E-state index in [0.717, 1.165) is 6.42 Å². The van der Waals surface area contributed by atoms with Crippen molar-refractivity contribution in [3.05, 3.63) is 35.9 Å². The first-order chi connectivity index (χ1) is 16.2. The van der Waals surface area contributed by atoms with E-state index in [0.29, 0.717) is 24.8 Å². The lowest BCUT2D eigenvalue weighted by molar-refractivity contribution is -0.139. The summed E-state index contributed by atoms with van der Waals surface area (Å²) < 4.78 is 11.4. The lowest BCUT2D eigenvalue weighted by Gasteiger charge is -2.33. The fourth-order valence-electron chi connectivity index (χ4n) is 3.43. The molecule has 0 saturated heterocycles. The Morgan fingerprint density at radius 2 is 1.94 bits per heavy atom. The van der Waals surface area contributed by atoms with Crippen LogP contribution in [0.15, 0.2) is 24.5 Å². The van der Waals surface area contributed by atoms with Gasteiger partial charge in [0.05, 0.1) is 25.1 Å². The summed E-state index contributed by atoms with van der Waals surface area (Å²) >= 11 is 0. The summed E-state index contributed by atoms with van der Waals surface area (Å²) in [6.45, 7) is 8.69. The number of aliphatic hydroxyl groups excluding tert-OH is 2. The summed E-state index contributed by atoms with van der Waals surface area (Å²) in [6.07, 6.45) is 4.11. The van der Waals surface area contributed by atoms with Crippen molar-refractivity contribution in [2.75, 3.05) is 46.0 Å². The number of nitrogens with zero attached hydrogens (tertiary/aromatic N) is 4. The number of aliphatic hydroxyl groups is 2. The van der Waals surface area contributed by atoms with Crippen molar-refractivity contribution in [3.8, 4) is 0 Å². The third-order valence-electron chi connectivity index (χ3n) is 5.54. The summed E-state index contributed by atoms with van der Waals surface area (Å²) in [7, 11) is 0. The van der Waals surface area contributed by atoms with Crippen LogP contribution in [0, 0.1) is 12.8 Å². The second-order valence-electron chi connectivity index (χ2n) is 8.92. The van der Waals surface area contributed by atoms with Gasteiger partial charge in [0, 0.05) is 45.9 Å². The van der Waals surface area contributed by atoms with Crippen molar-refractivity contribution in [3.63, 3.8) is 0 Å². The molecular weight excluding hydrogens is 440 g/mol. The summed E-state index contributed by atoms with van der Waals surface area (Å²) in [6, 6.07) is 0. The second kappa shape index (κ2) is 14.1. The fraction of sp³-hybridized carbons (Fsp3) is 0.667. The number of rotatable bonds is 5. The Hall–Kier alpha value is -2.40. The first kappa shape index (κ1) is 27.8. The minimum atomic E-state index is -1.23. The van der Waals surface area contributed by atoms with Crippen molar-refractivity contribution < 1.29 is 29.3 Å². The molecule has 0 bridgehead atoms. The maximum Gasteiger partial charge on any atom is 0.274 e. The van der Waals surface area contributed by atoms with Crippen LogP contribution in [0.25, 0.3) is 0 Å². The smallest absolute Gasteiger partial charge is 0.274 e. The van der Waals surface area contributed by atoms with Crippen LogP contribution in [0.5, 0.6) is 0 Å². The topological polar surface area (TPSA) is 125 Å². The number of carbonyl (C=O) groups is 2. The van der Waals surface area contributed by atoms with Crippen LogP contribution < -0.4 is 0 Å². The average Bonchev–Trinajstić information content (AvgIpc) is 2.79. The van der Waals surface area contributed by atoms with E-state index in [9.17, 15) is 19.8 Å². The lowest BCUT2D eigenvalue weighted by atomic mass is 10.1. The van der Waals surface area contributed by atoms with Crippen molar-refractivity contribution in [2.45, 2.75) is 52.4 Å². The van der Waals surface area contributed by atoms with Crippen LogP contribution in [0.1, 0.15) is 43.4 Å². The minimum Gasteiger partial charge on any atom is -0.388 e. The van der Waals surface area contributed by atoms with E-state index in [4.69, 9.17) is 9.47 Å². The van der Waals surface area contributed by atoms with E-state index in [2.05, 4.69) is 23.8 Å². The molecule has 1 aliphatic heterocycles. The Balaban J connectivity index is 2.23. The van der Waals surface area contributed by atoms with Gasteiger partial charge in [0.1, 0.15) is 24.0 Å². The molecule has 1 aromatic rings. The first-order valence-electron chi connectivity index (χ1n) is 11.7. The molecule has 0 saturated carbocycles. The van der Waals surface area contributed by atoms with Gasteiger partial charge >= 0.3 is 0 Å². The largest absolute Gasteiger partial charge is 0.388 e. The van der Waals surface area contributed by atoms with E-state index >= 15 is 0 Å². The van der Waals surface area contributed by atoms with Gasteiger partial charge in [0.25, 0.3) is 5.91 Å². The molecule has 2 rings (SSSR count). The van der Waals surface area contributed by atoms with Gasteiger partial charge in [-0.25, -0.2) is 4.98 Å². The summed E-state index contributed by atoms with van der Waals surface area (Å²) in [5.74, 6) is -0.109.